The van der Waals surface area contributed by atoms with Crippen molar-refractivity contribution in [3.63, 3.8) is 0 Å². The highest BCUT2D eigenvalue weighted by atomic mass is 32.2. The fourth-order valence-electron chi connectivity index (χ4n) is 2.92. The van der Waals surface area contributed by atoms with Crippen LogP contribution in [0.1, 0.15) is 25.7 Å². The van der Waals surface area contributed by atoms with Crippen LogP contribution in [0.25, 0.3) is 0 Å². The normalized spacial score (nSPS) is 37.1. The maximum Gasteiger partial charge on any atom is 0.274 e. The fraction of sp³-hybridized carbons (Fsp3) is 1.00. The van der Waals surface area contributed by atoms with Crippen LogP contribution in [0.5, 0.6) is 0 Å². The summed E-state index contributed by atoms with van der Waals surface area (Å²) in [5.41, 5.74) is 0. The second kappa shape index (κ2) is 4.01. The minimum Gasteiger partial charge on any atom is -0.300 e. The number of nitrogens with one attached hydrogen (secondary N) is 1. The number of hydrogen-bond donors (Lipinski definition) is 2. The van der Waals surface area contributed by atoms with E-state index in [1.807, 2.05) is 0 Å². The molecule has 2 saturated heterocycles. The number of rotatable bonds is 3. The van der Waals surface area contributed by atoms with Gasteiger partial charge in [-0.05, 0) is 38.6 Å². The summed E-state index contributed by atoms with van der Waals surface area (Å²) < 4.78 is 24.0. The van der Waals surface area contributed by atoms with E-state index < -0.39 is 10.2 Å². The summed E-state index contributed by atoms with van der Waals surface area (Å²) in [5.74, 6) is 0.456. The lowest BCUT2D eigenvalue weighted by Gasteiger charge is -2.36. The van der Waals surface area contributed by atoms with Gasteiger partial charge in [0, 0.05) is 18.6 Å². The van der Waals surface area contributed by atoms with Crippen molar-refractivity contribution in [1.82, 2.24) is 9.62 Å². The third-order valence-electron chi connectivity index (χ3n) is 3.77. The molecule has 88 valence electrons. The monoisotopic (exact) mass is 233 g/mol. The Morgan fingerprint density at radius 1 is 1.33 bits per heavy atom. The van der Waals surface area contributed by atoms with Crippen LogP contribution in [0, 0.1) is 5.92 Å². The largest absolute Gasteiger partial charge is 0.300 e. The lowest BCUT2D eigenvalue weighted by Crippen LogP contribution is -2.44. The summed E-state index contributed by atoms with van der Waals surface area (Å²) in [4.78, 5) is 2.44. The van der Waals surface area contributed by atoms with Crippen molar-refractivity contribution in [1.29, 1.82) is 0 Å². The Morgan fingerprint density at radius 3 is 2.33 bits per heavy atom. The zero-order chi connectivity index (χ0) is 11.1. The van der Waals surface area contributed by atoms with Crippen molar-refractivity contribution in [2.75, 3.05) is 13.6 Å². The Hall–Kier alpha value is -0.170. The summed E-state index contributed by atoms with van der Waals surface area (Å²) in [6, 6.07) is 1.30. The highest BCUT2D eigenvalue weighted by molar-refractivity contribution is 7.87. The topological polar surface area (TPSA) is 75.4 Å². The first kappa shape index (κ1) is 11.3. The molecule has 6 heteroatoms. The van der Waals surface area contributed by atoms with Gasteiger partial charge in [-0.2, -0.15) is 8.42 Å². The van der Waals surface area contributed by atoms with Gasteiger partial charge in [-0.3, -0.25) is 0 Å². The van der Waals surface area contributed by atoms with E-state index in [1.54, 1.807) is 0 Å². The molecule has 0 saturated carbocycles. The second-order valence-electron chi connectivity index (χ2n) is 4.78. The van der Waals surface area contributed by atoms with Crippen molar-refractivity contribution in [2.24, 2.45) is 11.1 Å². The van der Waals surface area contributed by atoms with Crippen molar-refractivity contribution < 1.29 is 8.42 Å². The van der Waals surface area contributed by atoms with Gasteiger partial charge in [0.2, 0.25) is 0 Å². The van der Waals surface area contributed by atoms with Crippen molar-refractivity contribution in [3.05, 3.63) is 0 Å². The first-order chi connectivity index (χ1) is 6.96. The van der Waals surface area contributed by atoms with Crippen molar-refractivity contribution in [3.8, 4) is 0 Å². The van der Waals surface area contributed by atoms with Crippen LogP contribution in [0.2, 0.25) is 0 Å². The van der Waals surface area contributed by atoms with Gasteiger partial charge in [-0.1, -0.05) is 0 Å². The molecule has 2 atom stereocenters. The molecule has 0 aromatic carbocycles. The molecule has 0 aromatic heterocycles. The van der Waals surface area contributed by atoms with Gasteiger partial charge in [0.05, 0.1) is 0 Å². The van der Waals surface area contributed by atoms with Crippen LogP contribution < -0.4 is 9.86 Å². The highest BCUT2D eigenvalue weighted by Crippen LogP contribution is 2.36. The summed E-state index contributed by atoms with van der Waals surface area (Å²) >= 11 is 0. The van der Waals surface area contributed by atoms with Gasteiger partial charge >= 0.3 is 0 Å². The molecule has 2 rings (SSSR count). The molecule has 3 N–H and O–H groups in total. The van der Waals surface area contributed by atoms with Crippen LogP contribution in [0.4, 0.5) is 0 Å². The van der Waals surface area contributed by atoms with E-state index in [2.05, 4.69) is 16.7 Å². The van der Waals surface area contributed by atoms with Gasteiger partial charge < -0.3 is 4.90 Å². The molecule has 0 aromatic rings. The number of fused-ring (bicyclic) bond motifs is 2. The zero-order valence-corrected chi connectivity index (χ0v) is 9.83. The van der Waals surface area contributed by atoms with Gasteiger partial charge in [0.25, 0.3) is 10.2 Å². The summed E-state index contributed by atoms with van der Waals surface area (Å²) in [5, 5.41) is 4.92. The molecule has 0 amide bonds. The van der Waals surface area contributed by atoms with Gasteiger partial charge in [-0.25, -0.2) is 9.86 Å². The molecule has 0 aliphatic carbocycles. The SMILES string of the molecule is CN1C2CCC1CC(CNS(N)(=O)=O)C2. The zero-order valence-electron chi connectivity index (χ0n) is 9.02. The van der Waals surface area contributed by atoms with Crippen molar-refractivity contribution >= 4 is 10.2 Å². The van der Waals surface area contributed by atoms with E-state index in [0.717, 1.165) is 12.8 Å². The Kier molecular flexibility index (Phi) is 3.03. The van der Waals surface area contributed by atoms with E-state index in [0.29, 0.717) is 24.5 Å². The van der Waals surface area contributed by atoms with E-state index >= 15 is 0 Å². The minimum atomic E-state index is -3.52. The average molecular weight is 233 g/mol. The average Bonchev–Trinajstić information content (AvgIpc) is 2.39. The number of hydrogen-bond acceptors (Lipinski definition) is 3. The molecule has 0 radical (unpaired) electrons. The maximum absolute atomic E-state index is 10.8. The van der Waals surface area contributed by atoms with Crippen LogP contribution in [-0.4, -0.2) is 39.0 Å². The summed E-state index contributed by atoms with van der Waals surface area (Å²) in [6.45, 7) is 0.500. The molecule has 2 aliphatic rings. The number of piperidine rings is 1. The van der Waals surface area contributed by atoms with Crippen molar-refractivity contribution in [2.45, 2.75) is 37.8 Å². The molecular weight excluding hydrogens is 214 g/mol. The lowest BCUT2D eigenvalue weighted by molar-refractivity contribution is 0.135. The molecule has 2 aliphatic heterocycles. The number of nitrogens with two attached hydrogens (primary N) is 1. The Labute approximate surface area is 91.2 Å². The Balaban J connectivity index is 1.87. The highest BCUT2D eigenvalue weighted by Gasteiger charge is 2.38. The van der Waals surface area contributed by atoms with Gasteiger partial charge in [-0.15, -0.1) is 0 Å². The number of nitrogens with zero attached hydrogens (tertiary/aromatic N) is 1. The van der Waals surface area contributed by atoms with Crippen LogP contribution in [-0.2, 0) is 10.2 Å². The first-order valence-electron chi connectivity index (χ1n) is 5.45. The molecule has 2 heterocycles. The van der Waals surface area contributed by atoms with Gasteiger partial charge in [0.15, 0.2) is 0 Å². The van der Waals surface area contributed by atoms with Crippen LogP contribution in [0.15, 0.2) is 0 Å². The second-order valence-corrected chi connectivity index (χ2v) is 6.16. The molecule has 2 fully saturated rings. The molecule has 2 bridgehead atoms. The predicted molar refractivity (Wildman–Crippen MR) is 58.4 cm³/mol. The summed E-state index contributed by atoms with van der Waals surface area (Å²) in [7, 11) is -1.34. The minimum absolute atomic E-state index is 0.456. The quantitative estimate of drug-likeness (QED) is 0.700. The third kappa shape index (κ3) is 2.69. The first-order valence-corrected chi connectivity index (χ1v) is 6.99. The predicted octanol–water partition coefficient (Wildman–Crippen LogP) is -0.348. The van der Waals surface area contributed by atoms with Crippen LogP contribution >= 0.6 is 0 Å². The van der Waals surface area contributed by atoms with E-state index in [9.17, 15) is 8.42 Å². The lowest BCUT2D eigenvalue weighted by atomic mass is 9.91. The van der Waals surface area contributed by atoms with E-state index in [-0.39, 0.29) is 0 Å². The molecular formula is C9H19N3O2S. The Morgan fingerprint density at radius 2 is 1.87 bits per heavy atom. The smallest absolute Gasteiger partial charge is 0.274 e. The molecule has 5 nitrogen and oxygen atoms in total. The third-order valence-corrected chi connectivity index (χ3v) is 4.34. The summed E-state index contributed by atoms with van der Waals surface area (Å²) in [6.07, 6.45) is 4.70. The Bertz CT molecular complexity index is 316. The van der Waals surface area contributed by atoms with E-state index in [1.165, 1.54) is 12.8 Å². The fourth-order valence-corrected chi connectivity index (χ4v) is 3.39. The molecule has 2 unspecified atom stereocenters. The van der Waals surface area contributed by atoms with Crippen LogP contribution in [0.3, 0.4) is 0 Å². The molecule has 15 heavy (non-hydrogen) atoms. The molecule has 0 spiro atoms. The maximum atomic E-state index is 10.8. The standard InChI is InChI=1S/C9H19N3O2S/c1-12-8-2-3-9(12)5-7(4-8)6-11-15(10,13)14/h7-9,11H,2-6H2,1H3,(H2,10,13,14). The van der Waals surface area contributed by atoms with E-state index in [4.69, 9.17) is 5.14 Å². The van der Waals surface area contributed by atoms with Gasteiger partial charge in [0.1, 0.15) is 0 Å².